The van der Waals surface area contributed by atoms with Crippen LogP contribution in [0.4, 0.5) is 0 Å². The summed E-state index contributed by atoms with van der Waals surface area (Å²) in [6.45, 7) is 8.21. The van der Waals surface area contributed by atoms with Crippen LogP contribution in [0.2, 0.25) is 0 Å². The topological polar surface area (TPSA) is 73.8 Å². The lowest BCUT2D eigenvalue weighted by atomic mass is 9.77. The van der Waals surface area contributed by atoms with E-state index in [0.717, 1.165) is 22.6 Å². The maximum Gasteiger partial charge on any atom is 0.119 e. The largest absolute Gasteiger partial charge is 0.508 e. The van der Waals surface area contributed by atoms with E-state index in [9.17, 15) is 15.3 Å². The van der Waals surface area contributed by atoms with Crippen molar-refractivity contribution in [2.75, 3.05) is 6.61 Å². The molecule has 22 heavy (non-hydrogen) atoms. The molecule has 1 aromatic carbocycles. The summed E-state index contributed by atoms with van der Waals surface area (Å²) in [5, 5.41) is 28.5. The zero-order valence-corrected chi connectivity index (χ0v) is 13.6. The number of hydrogen-bond acceptors (Lipinski definition) is 4. The lowest BCUT2D eigenvalue weighted by molar-refractivity contribution is 0.163. The highest BCUT2D eigenvalue weighted by atomic mass is 16.3. The Balaban J connectivity index is 2.30. The molecule has 0 saturated heterocycles. The summed E-state index contributed by atoms with van der Waals surface area (Å²) in [5.74, 6) is 1.79. The first kappa shape index (κ1) is 16.4. The number of benzene rings is 1. The molecule has 3 N–H and O–H groups in total. The molecular formula is C18H24O4. The third-order valence-corrected chi connectivity index (χ3v) is 4.40. The molecule has 1 unspecified atom stereocenters. The fourth-order valence-electron chi connectivity index (χ4n) is 2.69. The fraction of sp³-hybridized carbons (Fsp3) is 0.444. The highest BCUT2D eigenvalue weighted by Gasteiger charge is 2.32. The number of aryl methyl sites for hydroxylation is 1. The molecule has 0 aliphatic carbocycles. The van der Waals surface area contributed by atoms with E-state index < -0.39 is 0 Å². The third-order valence-electron chi connectivity index (χ3n) is 4.40. The van der Waals surface area contributed by atoms with Crippen LogP contribution in [-0.4, -0.2) is 21.9 Å². The molecule has 120 valence electrons. The van der Waals surface area contributed by atoms with Crippen molar-refractivity contribution in [3.63, 3.8) is 0 Å². The standard InChI is InChI=1S/C18H24O4/c1-11-5-16(8-13-6-14(20)9-15(21)7-13)22-17(11)18(3,4)12(2)10-19/h5-7,9,12,19-21H,8,10H2,1-4H3. The predicted octanol–water partition coefficient (Wildman–Crippen LogP) is 3.50. The Morgan fingerprint density at radius 3 is 2.23 bits per heavy atom. The van der Waals surface area contributed by atoms with Crippen LogP contribution in [0.1, 0.15) is 43.4 Å². The van der Waals surface area contributed by atoms with Crippen LogP contribution in [0.25, 0.3) is 0 Å². The van der Waals surface area contributed by atoms with Crippen molar-refractivity contribution in [2.24, 2.45) is 5.92 Å². The number of aromatic hydroxyl groups is 2. The van der Waals surface area contributed by atoms with Gasteiger partial charge in [0.25, 0.3) is 0 Å². The summed E-state index contributed by atoms with van der Waals surface area (Å²) in [7, 11) is 0. The highest BCUT2D eigenvalue weighted by molar-refractivity contribution is 5.39. The predicted molar refractivity (Wildman–Crippen MR) is 85.3 cm³/mol. The van der Waals surface area contributed by atoms with Crippen LogP contribution in [0.3, 0.4) is 0 Å². The summed E-state index contributed by atoms with van der Waals surface area (Å²) in [6, 6.07) is 6.49. The molecule has 1 heterocycles. The molecule has 0 amide bonds. The van der Waals surface area contributed by atoms with E-state index in [2.05, 4.69) is 13.8 Å². The smallest absolute Gasteiger partial charge is 0.119 e. The minimum atomic E-state index is -0.266. The molecule has 1 aromatic heterocycles. The Kier molecular flexibility index (Phi) is 4.52. The van der Waals surface area contributed by atoms with Gasteiger partial charge in [0, 0.05) is 24.5 Å². The van der Waals surface area contributed by atoms with Gasteiger partial charge in [-0.25, -0.2) is 0 Å². The van der Waals surface area contributed by atoms with E-state index >= 15 is 0 Å². The molecule has 0 fully saturated rings. The van der Waals surface area contributed by atoms with Gasteiger partial charge in [-0.15, -0.1) is 0 Å². The Hall–Kier alpha value is -1.94. The van der Waals surface area contributed by atoms with E-state index in [-0.39, 0.29) is 29.4 Å². The molecule has 4 nitrogen and oxygen atoms in total. The number of phenolic OH excluding ortho intramolecular Hbond substituents is 2. The van der Waals surface area contributed by atoms with E-state index in [1.165, 1.54) is 6.07 Å². The van der Waals surface area contributed by atoms with Gasteiger partial charge in [-0.1, -0.05) is 20.8 Å². The highest BCUT2D eigenvalue weighted by Crippen LogP contribution is 2.36. The molecule has 0 aliphatic rings. The summed E-state index contributed by atoms with van der Waals surface area (Å²) >= 11 is 0. The molecule has 0 spiro atoms. The van der Waals surface area contributed by atoms with Crippen LogP contribution < -0.4 is 0 Å². The minimum absolute atomic E-state index is 0.0349. The molecule has 0 bridgehead atoms. The van der Waals surface area contributed by atoms with E-state index in [0.29, 0.717) is 6.42 Å². The number of rotatable bonds is 5. The van der Waals surface area contributed by atoms with Crippen LogP contribution in [0.5, 0.6) is 11.5 Å². The van der Waals surface area contributed by atoms with Crippen LogP contribution in [-0.2, 0) is 11.8 Å². The number of hydrogen-bond donors (Lipinski definition) is 3. The van der Waals surface area contributed by atoms with Gasteiger partial charge >= 0.3 is 0 Å². The molecule has 0 saturated carbocycles. The Morgan fingerprint density at radius 2 is 1.68 bits per heavy atom. The summed E-state index contributed by atoms with van der Waals surface area (Å²) in [4.78, 5) is 0. The summed E-state index contributed by atoms with van der Waals surface area (Å²) < 4.78 is 6.01. The molecular weight excluding hydrogens is 280 g/mol. The third kappa shape index (κ3) is 3.28. The average molecular weight is 304 g/mol. The van der Waals surface area contributed by atoms with Crippen molar-refractivity contribution >= 4 is 0 Å². The SMILES string of the molecule is Cc1cc(Cc2cc(O)cc(O)c2)oc1C(C)(C)C(C)CO. The van der Waals surface area contributed by atoms with Crippen molar-refractivity contribution in [3.8, 4) is 11.5 Å². The number of aliphatic hydroxyl groups excluding tert-OH is 1. The van der Waals surface area contributed by atoms with Gasteiger partial charge in [0.05, 0.1) is 0 Å². The quantitative estimate of drug-likeness (QED) is 0.790. The molecule has 0 aliphatic heterocycles. The van der Waals surface area contributed by atoms with Gasteiger partial charge in [0.2, 0.25) is 0 Å². The monoisotopic (exact) mass is 304 g/mol. The Bertz CT molecular complexity index is 635. The molecule has 0 radical (unpaired) electrons. The van der Waals surface area contributed by atoms with Crippen molar-refractivity contribution in [3.05, 3.63) is 46.9 Å². The van der Waals surface area contributed by atoms with Crippen molar-refractivity contribution < 1.29 is 19.7 Å². The summed E-state index contributed by atoms with van der Waals surface area (Å²) in [5.41, 5.74) is 1.56. The van der Waals surface area contributed by atoms with Crippen molar-refractivity contribution in [1.82, 2.24) is 0 Å². The molecule has 1 atom stereocenters. The van der Waals surface area contributed by atoms with E-state index in [1.54, 1.807) is 12.1 Å². The Labute approximate surface area is 131 Å². The van der Waals surface area contributed by atoms with Crippen LogP contribution >= 0.6 is 0 Å². The van der Waals surface area contributed by atoms with Gasteiger partial charge in [-0.3, -0.25) is 0 Å². The first-order valence-electron chi connectivity index (χ1n) is 7.46. The minimum Gasteiger partial charge on any atom is -0.508 e. The normalized spacial score (nSPS) is 13.3. The van der Waals surface area contributed by atoms with E-state index in [1.807, 2.05) is 19.9 Å². The number of aliphatic hydroxyl groups is 1. The molecule has 2 aromatic rings. The van der Waals surface area contributed by atoms with Crippen LogP contribution in [0.15, 0.2) is 28.7 Å². The zero-order valence-electron chi connectivity index (χ0n) is 13.6. The first-order chi connectivity index (χ1) is 10.2. The number of phenols is 2. The lowest BCUT2D eigenvalue weighted by Gasteiger charge is -2.29. The van der Waals surface area contributed by atoms with Gasteiger partial charge in [-0.2, -0.15) is 0 Å². The second kappa shape index (κ2) is 6.05. The zero-order chi connectivity index (χ0) is 16.5. The van der Waals surface area contributed by atoms with Gasteiger partial charge in [-0.05, 0) is 42.2 Å². The number of furan rings is 1. The van der Waals surface area contributed by atoms with Crippen LogP contribution in [0, 0.1) is 12.8 Å². The Morgan fingerprint density at radius 1 is 1.09 bits per heavy atom. The fourth-order valence-corrected chi connectivity index (χ4v) is 2.69. The van der Waals surface area contributed by atoms with Gasteiger partial charge in [0.1, 0.15) is 23.0 Å². The first-order valence-corrected chi connectivity index (χ1v) is 7.46. The van der Waals surface area contributed by atoms with Gasteiger partial charge in [0.15, 0.2) is 0 Å². The second-order valence-corrected chi connectivity index (χ2v) is 6.56. The van der Waals surface area contributed by atoms with Gasteiger partial charge < -0.3 is 19.7 Å². The maximum absolute atomic E-state index is 9.55. The van der Waals surface area contributed by atoms with Crippen molar-refractivity contribution in [1.29, 1.82) is 0 Å². The maximum atomic E-state index is 9.55. The average Bonchev–Trinajstić information content (AvgIpc) is 2.77. The van der Waals surface area contributed by atoms with E-state index in [4.69, 9.17) is 4.42 Å². The van der Waals surface area contributed by atoms with Crippen molar-refractivity contribution in [2.45, 2.75) is 39.5 Å². The second-order valence-electron chi connectivity index (χ2n) is 6.56. The lowest BCUT2D eigenvalue weighted by Crippen LogP contribution is -2.29. The molecule has 2 rings (SSSR count). The molecule has 4 heteroatoms. The summed E-state index contributed by atoms with van der Waals surface area (Å²) in [6.07, 6.45) is 0.492.